The van der Waals surface area contributed by atoms with Crippen LogP contribution in [0.1, 0.15) is 18.4 Å². The molecule has 0 bridgehead atoms. The van der Waals surface area contributed by atoms with E-state index in [4.69, 9.17) is 0 Å². The molecule has 2 aromatic heterocycles. The van der Waals surface area contributed by atoms with E-state index in [9.17, 15) is 9.59 Å². The van der Waals surface area contributed by atoms with Gasteiger partial charge in [0.25, 0.3) is 5.56 Å². The van der Waals surface area contributed by atoms with E-state index >= 15 is 0 Å². The van der Waals surface area contributed by atoms with Crippen LogP contribution < -0.4 is 10.9 Å². The lowest BCUT2D eigenvalue weighted by molar-refractivity contribution is -0.116. The number of amides is 1. The summed E-state index contributed by atoms with van der Waals surface area (Å²) in [7, 11) is 0. The first-order chi connectivity index (χ1) is 11.6. The van der Waals surface area contributed by atoms with Crippen LogP contribution in [-0.2, 0) is 11.3 Å². The summed E-state index contributed by atoms with van der Waals surface area (Å²) in [4.78, 5) is 32.8. The van der Waals surface area contributed by atoms with Gasteiger partial charge in [-0.2, -0.15) is 0 Å². The number of aryl methyl sites for hydroxylation is 2. The summed E-state index contributed by atoms with van der Waals surface area (Å²) in [5.74, 6) is 0.411. The molecule has 6 nitrogen and oxygen atoms in total. The maximum Gasteiger partial charge on any atom is 0.261 e. The highest BCUT2D eigenvalue weighted by Gasteiger charge is 2.07. The van der Waals surface area contributed by atoms with Crippen LogP contribution in [0.15, 0.2) is 53.7 Å². The number of benzene rings is 1. The first-order valence-corrected chi connectivity index (χ1v) is 7.81. The minimum absolute atomic E-state index is 0.0752. The quantitative estimate of drug-likeness (QED) is 0.783. The SMILES string of the molecule is Cc1cccc2c(=O)n(CCCC(=O)Nc3ccccn3)cnc12. The number of aromatic nitrogens is 3. The van der Waals surface area contributed by atoms with Crippen molar-refractivity contribution in [2.75, 3.05) is 5.32 Å². The van der Waals surface area contributed by atoms with E-state index in [0.29, 0.717) is 30.6 Å². The zero-order valence-electron chi connectivity index (χ0n) is 13.4. The van der Waals surface area contributed by atoms with E-state index in [-0.39, 0.29) is 11.5 Å². The Balaban J connectivity index is 1.63. The molecule has 0 unspecified atom stereocenters. The number of para-hydroxylation sites is 1. The Morgan fingerprint density at radius 2 is 2.04 bits per heavy atom. The summed E-state index contributed by atoms with van der Waals surface area (Å²) >= 11 is 0. The number of carbonyl (C=O) groups excluding carboxylic acids is 1. The van der Waals surface area contributed by atoms with Gasteiger partial charge < -0.3 is 5.32 Å². The maximum absolute atomic E-state index is 12.5. The minimum atomic E-state index is -0.119. The van der Waals surface area contributed by atoms with Crippen molar-refractivity contribution < 1.29 is 4.79 Å². The first-order valence-electron chi connectivity index (χ1n) is 7.81. The van der Waals surface area contributed by atoms with E-state index in [2.05, 4.69) is 15.3 Å². The largest absolute Gasteiger partial charge is 0.311 e. The molecule has 0 fully saturated rings. The van der Waals surface area contributed by atoms with E-state index in [1.807, 2.05) is 25.1 Å². The van der Waals surface area contributed by atoms with Crippen LogP contribution in [0.3, 0.4) is 0 Å². The van der Waals surface area contributed by atoms with Crippen LogP contribution in [0.25, 0.3) is 10.9 Å². The Kier molecular flexibility index (Phi) is 4.65. The molecule has 3 aromatic rings. The van der Waals surface area contributed by atoms with Crippen molar-refractivity contribution in [2.45, 2.75) is 26.3 Å². The fourth-order valence-corrected chi connectivity index (χ4v) is 2.55. The Hall–Kier alpha value is -3.02. The number of hydrogen-bond acceptors (Lipinski definition) is 4. The maximum atomic E-state index is 12.5. The van der Waals surface area contributed by atoms with Crippen molar-refractivity contribution >= 4 is 22.6 Å². The summed E-state index contributed by atoms with van der Waals surface area (Å²) < 4.78 is 1.55. The average molecular weight is 322 g/mol. The topological polar surface area (TPSA) is 76.9 Å². The van der Waals surface area contributed by atoms with Crippen LogP contribution in [0.5, 0.6) is 0 Å². The number of carbonyl (C=O) groups is 1. The van der Waals surface area contributed by atoms with E-state index < -0.39 is 0 Å². The molecule has 0 aliphatic carbocycles. The second-order valence-corrected chi connectivity index (χ2v) is 5.58. The first kappa shape index (κ1) is 15.9. The van der Waals surface area contributed by atoms with Gasteiger partial charge in [0.05, 0.1) is 17.2 Å². The summed E-state index contributed by atoms with van der Waals surface area (Å²) in [6.45, 7) is 2.38. The molecular formula is C18H18N4O2. The number of nitrogens with one attached hydrogen (secondary N) is 1. The summed E-state index contributed by atoms with van der Waals surface area (Å²) in [5.41, 5.74) is 1.63. The van der Waals surface area contributed by atoms with Crippen molar-refractivity contribution in [1.29, 1.82) is 0 Å². The van der Waals surface area contributed by atoms with Gasteiger partial charge in [0.15, 0.2) is 0 Å². The number of fused-ring (bicyclic) bond motifs is 1. The molecular weight excluding hydrogens is 304 g/mol. The standard InChI is InChI=1S/C18H18N4O2/c1-13-6-4-7-14-17(13)20-12-22(18(14)24)11-5-9-16(23)21-15-8-2-3-10-19-15/h2-4,6-8,10,12H,5,9,11H2,1H3,(H,19,21,23). The Labute approximate surface area is 139 Å². The third kappa shape index (κ3) is 3.48. The fourth-order valence-electron chi connectivity index (χ4n) is 2.55. The van der Waals surface area contributed by atoms with Gasteiger partial charge in [-0.3, -0.25) is 14.2 Å². The highest BCUT2D eigenvalue weighted by Crippen LogP contribution is 2.11. The highest BCUT2D eigenvalue weighted by atomic mass is 16.1. The van der Waals surface area contributed by atoms with Crippen molar-refractivity contribution in [2.24, 2.45) is 0 Å². The predicted octanol–water partition coefficient (Wildman–Crippen LogP) is 2.52. The second kappa shape index (κ2) is 7.04. The van der Waals surface area contributed by atoms with Gasteiger partial charge in [0, 0.05) is 19.2 Å². The van der Waals surface area contributed by atoms with Crippen LogP contribution >= 0.6 is 0 Å². The lowest BCUT2D eigenvalue weighted by Gasteiger charge is -2.08. The average Bonchev–Trinajstić information content (AvgIpc) is 2.58. The summed E-state index contributed by atoms with van der Waals surface area (Å²) in [5, 5.41) is 3.33. The highest BCUT2D eigenvalue weighted by molar-refractivity contribution is 5.89. The molecule has 2 heterocycles. The minimum Gasteiger partial charge on any atom is -0.311 e. The summed E-state index contributed by atoms with van der Waals surface area (Å²) in [6, 6.07) is 10.9. The van der Waals surface area contributed by atoms with E-state index in [1.165, 1.54) is 0 Å². The number of hydrogen-bond donors (Lipinski definition) is 1. The van der Waals surface area contributed by atoms with Gasteiger partial charge in [-0.05, 0) is 37.1 Å². The van der Waals surface area contributed by atoms with Crippen molar-refractivity contribution in [3.05, 3.63) is 64.8 Å². The zero-order valence-corrected chi connectivity index (χ0v) is 13.4. The van der Waals surface area contributed by atoms with Gasteiger partial charge in [-0.1, -0.05) is 18.2 Å². The van der Waals surface area contributed by atoms with Gasteiger partial charge in [0.2, 0.25) is 5.91 Å². The third-order valence-electron chi connectivity index (χ3n) is 3.79. The summed E-state index contributed by atoms with van der Waals surface area (Å²) in [6.07, 6.45) is 4.04. The molecule has 3 rings (SSSR count). The molecule has 0 saturated heterocycles. The molecule has 1 aromatic carbocycles. The van der Waals surface area contributed by atoms with Crippen molar-refractivity contribution in [3.8, 4) is 0 Å². The molecule has 0 aliphatic heterocycles. The number of anilines is 1. The third-order valence-corrected chi connectivity index (χ3v) is 3.79. The normalized spacial score (nSPS) is 10.7. The molecule has 0 atom stereocenters. The van der Waals surface area contributed by atoms with Crippen LogP contribution in [0, 0.1) is 6.92 Å². The molecule has 24 heavy (non-hydrogen) atoms. The molecule has 0 aliphatic rings. The van der Waals surface area contributed by atoms with Crippen molar-refractivity contribution in [1.82, 2.24) is 14.5 Å². The molecule has 6 heteroatoms. The van der Waals surface area contributed by atoms with Crippen LogP contribution in [-0.4, -0.2) is 20.4 Å². The molecule has 1 N–H and O–H groups in total. The van der Waals surface area contributed by atoms with Gasteiger partial charge in [0.1, 0.15) is 5.82 Å². The fraction of sp³-hybridized carbons (Fsp3) is 0.222. The Bertz CT molecular complexity index is 919. The predicted molar refractivity (Wildman–Crippen MR) is 92.8 cm³/mol. The van der Waals surface area contributed by atoms with Crippen molar-refractivity contribution in [3.63, 3.8) is 0 Å². The number of nitrogens with zero attached hydrogens (tertiary/aromatic N) is 3. The lowest BCUT2D eigenvalue weighted by atomic mass is 10.1. The molecule has 0 spiro atoms. The van der Waals surface area contributed by atoms with Gasteiger partial charge in [-0.25, -0.2) is 9.97 Å². The van der Waals surface area contributed by atoms with E-state index in [1.54, 1.807) is 35.3 Å². The van der Waals surface area contributed by atoms with Gasteiger partial charge >= 0.3 is 0 Å². The van der Waals surface area contributed by atoms with Crippen LogP contribution in [0.4, 0.5) is 5.82 Å². The zero-order chi connectivity index (χ0) is 16.9. The molecule has 1 amide bonds. The lowest BCUT2D eigenvalue weighted by Crippen LogP contribution is -2.22. The molecule has 122 valence electrons. The number of pyridine rings is 1. The van der Waals surface area contributed by atoms with Crippen LogP contribution in [0.2, 0.25) is 0 Å². The Morgan fingerprint density at radius 1 is 1.17 bits per heavy atom. The smallest absolute Gasteiger partial charge is 0.261 e. The molecule has 0 radical (unpaired) electrons. The Morgan fingerprint density at radius 3 is 2.83 bits per heavy atom. The van der Waals surface area contributed by atoms with E-state index in [0.717, 1.165) is 11.1 Å². The number of rotatable bonds is 5. The second-order valence-electron chi connectivity index (χ2n) is 5.58. The molecule has 0 saturated carbocycles. The van der Waals surface area contributed by atoms with Gasteiger partial charge in [-0.15, -0.1) is 0 Å². The monoisotopic (exact) mass is 322 g/mol.